The van der Waals surface area contributed by atoms with E-state index in [4.69, 9.17) is 8.83 Å². The van der Waals surface area contributed by atoms with Gasteiger partial charge < -0.3 is 13.7 Å². The molecule has 0 atom stereocenters. The number of furan rings is 2. The highest BCUT2D eigenvalue weighted by Crippen LogP contribution is 2.25. The van der Waals surface area contributed by atoms with Crippen LogP contribution in [0.5, 0.6) is 0 Å². The molecular weight excluding hydrogens is 378 g/mol. The Labute approximate surface area is 166 Å². The molecule has 3 heterocycles. The SMILES string of the molecule is O=C(CSc1nnnn1Cc1ccco1)N(Cc1ccco1)C1=CCCCC1. The van der Waals surface area contributed by atoms with Crippen molar-refractivity contribution in [3.8, 4) is 0 Å². The fraction of sp³-hybridized carbons (Fsp3) is 0.368. The normalized spacial score (nSPS) is 14.1. The first-order valence-corrected chi connectivity index (χ1v) is 10.2. The van der Waals surface area contributed by atoms with E-state index in [1.165, 1.54) is 18.2 Å². The van der Waals surface area contributed by atoms with E-state index in [9.17, 15) is 4.79 Å². The molecule has 3 aromatic heterocycles. The van der Waals surface area contributed by atoms with E-state index in [1.807, 2.05) is 29.2 Å². The lowest BCUT2D eigenvalue weighted by Crippen LogP contribution is -2.32. The van der Waals surface area contributed by atoms with Crippen LogP contribution in [0.15, 0.2) is 62.6 Å². The highest BCUT2D eigenvalue weighted by atomic mass is 32.2. The molecule has 3 aromatic rings. The van der Waals surface area contributed by atoms with Gasteiger partial charge in [-0.1, -0.05) is 17.8 Å². The molecule has 9 heteroatoms. The zero-order valence-electron chi connectivity index (χ0n) is 15.4. The topological polar surface area (TPSA) is 90.2 Å². The molecule has 1 aliphatic carbocycles. The number of rotatable bonds is 8. The second-order valence-corrected chi connectivity index (χ2v) is 7.43. The average molecular weight is 399 g/mol. The van der Waals surface area contributed by atoms with Gasteiger partial charge >= 0.3 is 0 Å². The van der Waals surface area contributed by atoms with Gasteiger partial charge in [-0.25, -0.2) is 4.68 Å². The Morgan fingerprint density at radius 3 is 2.71 bits per heavy atom. The molecule has 0 spiro atoms. The molecule has 0 saturated heterocycles. The van der Waals surface area contributed by atoms with Crippen LogP contribution >= 0.6 is 11.8 Å². The maximum Gasteiger partial charge on any atom is 0.237 e. The predicted molar refractivity (Wildman–Crippen MR) is 102 cm³/mol. The van der Waals surface area contributed by atoms with Gasteiger partial charge in [0.25, 0.3) is 0 Å². The summed E-state index contributed by atoms with van der Waals surface area (Å²) in [6.07, 6.45) is 9.59. The number of carbonyl (C=O) groups is 1. The summed E-state index contributed by atoms with van der Waals surface area (Å²) in [5, 5.41) is 12.3. The van der Waals surface area contributed by atoms with E-state index in [-0.39, 0.29) is 11.7 Å². The van der Waals surface area contributed by atoms with Crippen LogP contribution in [0.2, 0.25) is 0 Å². The standard InChI is InChI=1S/C19H21N5O3S/c25-18(14-28-19-20-21-22-24(19)13-17-9-5-11-27-17)23(12-16-8-4-10-26-16)15-6-2-1-3-7-15/h4-6,8-11H,1-3,7,12-14H2. The van der Waals surface area contributed by atoms with Gasteiger partial charge in [-0.3, -0.25) is 4.79 Å². The molecular formula is C19H21N5O3S. The Morgan fingerprint density at radius 1 is 1.18 bits per heavy atom. The molecule has 8 nitrogen and oxygen atoms in total. The Morgan fingerprint density at radius 2 is 2.00 bits per heavy atom. The van der Waals surface area contributed by atoms with Crippen LogP contribution in [0.4, 0.5) is 0 Å². The van der Waals surface area contributed by atoms with Crippen LogP contribution in [0, 0.1) is 0 Å². The van der Waals surface area contributed by atoms with Crippen molar-refractivity contribution in [1.29, 1.82) is 0 Å². The molecule has 0 fully saturated rings. The van der Waals surface area contributed by atoms with Crippen molar-refractivity contribution < 1.29 is 13.6 Å². The molecule has 0 saturated carbocycles. The first-order chi connectivity index (χ1) is 13.8. The average Bonchev–Trinajstić information content (AvgIpc) is 3.49. The van der Waals surface area contributed by atoms with Crippen molar-refractivity contribution in [3.05, 3.63) is 60.1 Å². The second kappa shape index (κ2) is 8.92. The molecule has 0 radical (unpaired) electrons. The molecule has 0 unspecified atom stereocenters. The largest absolute Gasteiger partial charge is 0.467 e. The lowest BCUT2D eigenvalue weighted by Gasteiger charge is -2.27. The number of aromatic nitrogens is 4. The number of hydrogen-bond donors (Lipinski definition) is 0. The minimum Gasteiger partial charge on any atom is -0.467 e. The maximum atomic E-state index is 13.0. The lowest BCUT2D eigenvalue weighted by molar-refractivity contribution is -0.127. The Hall–Kier alpha value is -2.81. The fourth-order valence-electron chi connectivity index (χ4n) is 3.13. The third-order valence-corrected chi connectivity index (χ3v) is 5.46. The van der Waals surface area contributed by atoms with E-state index in [0.29, 0.717) is 18.2 Å². The summed E-state index contributed by atoms with van der Waals surface area (Å²) in [7, 11) is 0. The van der Waals surface area contributed by atoms with Gasteiger partial charge in [-0.05, 0) is 60.4 Å². The maximum absolute atomic E-state index is 13.0. The molecule has 0 aliphatic heterocycles. The van der Waals surface area contributed by atoms with Gasteiger partial charge in [0.05, 0.1) is 24.8 Å². The first-order valence-electron chi connectivity index (χ1n) is 9.23. The molecule has 0 bridgehead atoms. The van der Waals surface area contributed by atoms with Crippen LogP contribution < -0.4 is 0 Å². The summed E-state index contributed by atoms with van der Waals surface area (Å²) in [5.74, 6) is 1.79. The molecule has 1 amide bonds. The summed E-state index contributed by atoms with van der Waals surface area (Å²) < 4.78 is 12.4. The fourth-order valence-corrected chi connectivity index (χ4v) is 3.88. The zero-order valence-corrected chi connectivity index (χ0v) is 16.2. The number of tetrazole rings is 1. The van der Waals surface area contributed by atoms with Crippen LogP contribution in [-0.2, 0) is 17.9 Å². The Kier molecular flexibility index (Phi) is 5.91. The first kappa shape index (κ1) is 18.5. The van der Waals surface area contributed by atoms with E-state index >= 15 is 0 Å². The van der Waals surface area contributed by atoms with Crippen LogP contribution in [-0.4, -0.2) is 36.8 Å². The van der Waals surface area contributed by atoms with E-state index in [1.54, 1.807) is 17.2 Å². The number of amides is 1. The number of carbonyl (C=O) groups excluding carboxylic acids is 1. The van der Waals surface area contributed by atoms with Crippen molar-refractivity contribution in [3.63, 3.8) is 0 Å². The predicted octanol–water partition coefficient (Wildman–Crippen LogP) is 3.49. The minimum absolute atomic E-state index is 0.0158. The van der Waals surface area contributed by atoms with E-state index in [2.05, 4.69) is 21.6 Å². The van der Waals surface area contributed by atoms with Crippen molar-refractivity contribution in [2.24, 2.45) is 0 Å². The highest BCUT2D eigenvalue weighted by Gasteiger charge is 2.22. The monoisotopic (exact) mass is 399 g/mol. The van der Waals surface area contributed by atoms with Crippen LogP contribution in [0.1, 0.15) is 37.2 Å². The van der Waals surface area contributed by atoms with Gasteiger partial charge in [0.1, 0.15) is 18.1 Å². The Bertz CT molecular complexity index is 917. The van der Waals surface area contributed by atoms with Gasteiger partial charge in [-0.2, -0.15) is 0 Å². The molecule has 146 valence electrons. The van der Waals surface area contributed by atoms with Gasteiger partial charge in [-0.15, -0.1) is 5.10 Å². The summed E-state index contributed by atoms with van der Waals surface area (Å²) >= 11 is 1.32. The number of allylic oxidation sites excluding steroid dienone is 2. The van der Waals surface area contributed by atoms with Gasteiger partial charge in [0.15, 0.2) is 0 Å². The summed E-state index contributed by atoms with van der Waals surface area (Å²) in [4.78, 5) is 14.8. The molecule has 1 aliphatic rings. The third-order valence-electron chi connectivity index (χ3n) is 4.52. The second-order valence-electron chi connectivity index (χ2n) is 6.49. The summed E-state index contributed by atoms with van der Waals surface area (Å²) in [6, 6.07) is 7.41. The van der Waals surface area contributed by atoms with Gasteiger partial charge in [0.2, 0.25) is 11.1 Å². The molecule has 28 heavy (non-hydrogen) atoms. The van der Waals surface area contributed by atoms with Crippen molar-refractivity contribution in [1.82, 2.24) is 25.1 Å². The number of nitrogens with zero attached hydrogens (tertiary/aromatic N) is 5. The van der Waals surface area contributed by atoms with Crippen LogP contribution in [0.25, 0.3) is 0 Å². The minimum atomic E-state index is 0.0158. The smallest absolute Gasteiger partial charge is 0.237 e. The van der Waals surface area contributed by atoms with Crippen LogP contribution in [0.3, 0.4) is 0 Å². The number of thioether (sulfide) groups is 1. The zero-order chi connectivity index (χ0) is 19.2. The highest BCUT2D eigenvalue weighted by molar-refractivity contribution is 7.99. The summed E-state index contributed by atoms with van der Waals surface area (Å²) in [5.41, 5.74) is 1.07. The number of hydrogen-bond acceptors (Lipinski definition) is 7. The van der Waals surface area contributed by atoms with Gasteiger partial charge in [0, 0.05) is 5.70 Å². The summed E-state index contributed by atoms with van der Waals surface area (Å²) in [6.45, 7) is 0.868. The van der Waals surface area contributed by atoms with Crippen molar-refractivity contribution in [2.75, 3.05) is 5.75 Å². The molecule has 0 aromatic carbocycles. The van der Waals surface area contributed by atoms with Crippen molar-refractivity contribution >= 4 is 17.7 Å². The molecule has 0 N–H and O–H groups in total. The van der Waals surface area contributed by atoms with Crippen molar-refractivity contribution in [2.45, 2.75) is 43.9 Å². The lowest BCUT2D eigenvalue weighted by atomic mass is 10.0. The quantitative estimate of drug-likeness (QED) is 0.536. The molecule has 4 rings (SSSR count). The third kappa shape index (κ3) is 4.53. The van der Waals surface area contributed by atoms with E-state index in [0.717, 1.165) is 36.5 Å². The Balaban J connectivity index is 1.43. The van der Waals surface area contributed by atoms with E-state index < -0.39 is 0 Å².